The van der Waals surface area contributed by atoms with E-state index in [0.29, 0.717) is 5.56 Å². The van der Waals surface area contributed by atoms with Crippen molar-refractivity contribution in [3.8, 4) is 5.75 Å². The summed E-state index contributed by atoms with van der Waals surface area (Å²) in [4.78, 5) is 39.2. The van der Waals surface area contributed by atoms with E-state index in [4.69, 9.17) is 0 Å². The lowest BCUT2D eigenvalue weighted by molar-refractivity contribution is -0.385. The molecule has 1 saturated heterocycles. The summed E-state index contributed by atoms with van der Waals surface area (Å²) in [6, 6.07) is 10.3. The smallest absolute Gasteiger partial charge is 0.387 e. The molecule has 0 unspecified atom stereocenters. The number of rotatable bonds is 5. The second-order valence-corrected chi connectivity index (χ2v) is 6.69. The van der Waals surface area contributed by atoms with Crippen molar-refractivity contribution < 1.29 is 28.0 Å². The standard InChI is InChI=1S/C20H19F2N3O5/c1-13-5-4-7-15(17(13)25(28)29)19(27)24-11-9-23(10-12-24)18(26)14-6-2-3-8-16(14)30-20(21)22/h2-8,20H,9-12H2,1H3. The van der Waals surface area contributed by atoms with E-state index in [1.54, 1.807) is 25.1 Å². The SMILES string of the molecule is Cc1cccc(C(=O)N2CCN(C(=O)c3ccccc3OC(F)F)CC2)c1[N+](=O)[O-]. The average Bonchev–Trinajstić information content (AvgIpc) is 2.72. The summed E-state index contributed by atoms with van der Waals surface area (Å²) in [7, 11) is 0. The molecule has 0 N–H and O–H groups in total. The van der Waals surface area contributed by atoms with E-state index in [1.807, 2.05) is 0 Å². The predicted molar refractivity (Wildman–Crippen MR) is 103 cm³/mol. The minimum Gasteiger partial charge on any atom is -0.434 e. The predicted octanol–water partition coefficient (Wildman–Crippen LogP) is 3.10. The van der Waals surface area contributed by atoms with Crippen LogP contribution in [0.2, 0.25) is 0 Å². The molecule has 8 nitrogen and oxygen atoms in total. The number of carbonyl (C=O) groups excluding carboxylic acids is 2. The van der Waals surface area contributed by atoms with Crippen LogP contribution in [0.3, 0.4) is 0 Å². The number of halogens is 2. The number of nitro groups is 1. The summed E-state index contributed by atoms with van der Waals surface area (Å²) in [6.45, 7) is -0.857. The quantitative estimate of drug-likeness (QED) is 0.549. The highest BCUT2D eigenvalue weighted by molar-refractivity contribution is 5.99. The van der Waals surface area contributed by atoms with E-state index in [0.717, 1.165) is 0 Å². The van der Waals surface area contributed by atoms with Crippen LogP contribution in [0.4, 0.5) is 14.5 Å². The zero-order valence-electron chi connectivity index (χ0n) is 16.1. The van der Waals surface area contributed by atoms with Crippen LogP contribution in [-0.2, 0) is 0 Å². The van der Waals surface area contributed by atoms with Gasteiger partial charge in [-0.1, -0.05) is 24.3 Å². The Labute approximate surface area is 170 Å². The minimum absolute atomic E-state index is 0.00421. The summed E-state index contributed by atoms with van der Waals surface area (Å²) in [5, 5.41) is 11.4. The van der Waals surface area contributed by atoms with E-state index in [9.17, 15) is 28.5 Å². The molecule has 0 saturated carbocycles. The molecule has 0 spiro atoms. The molecular formula is C20H19F2N3O5. The first-order valence-corrected chi connectivity index (χ1v) is 9.16. The van der Waals surface area contributed by atoms with Gasteiger partial charge in [0.2, 0.25) is 0 Å². The summed E-state index contributed by atoms with van der Waals surface area (Å²) in [5.74, 6) is -1.19. The molecule has 0 radical (unpaired) electrons. The largest absolute Gasteiger partial charge is 0.434 e. The molecule has 2 amide bonds. The molecule has 1 fully saturated rings. The van der Waals surface area contributed by atoms with Crippen molar-refractivity contribution in [2.75, 3.05) is 26.2 Å². The lowest BCUT2D eigenvalue weighted by atomic mass is 10.1. The van der Waals surface area contributed by atoms with Crippen LogP contribution in [0.5, 0.6) is 5.75 Å². The highest BCUT2D eigenvalue weighted by atomic mass is 19.3. The molecule has 0 aromatic heterocycles. The fraction of sp³-hybridized carbons (Fsp3) is 0.300. The van der Waals surface area contributed by atoms with Gasteiger partial charge in [-0.3, -0.25) is 19.7 Å². The Balaban J connectivity index is 1.72. The highest BCUT2D eigenvalue weighted by Crippen LogP contribution is 2.26. The summed E-state index contributed by atoms with van der Waals surface area (Å²) in [6.07, 6.45) is 0. The molecule has 0 aliphatic carbocycles. The third kappa shape index (κ3) is 4.37. The number of alkyl halides is 2. The van der Waals surface area contributed by atoms with Gasteiger partial charge in [-0.2, -0.15) is 8.78 Å². The summed E-state index contributed by atoms with van der Waals surface area (Å²) in [5.41, 5.74) is 0.150. The van der Waals surface area contributed by atoms with Gasteiger partial charge in [-0.25, -0.2) is 0 Å². The number of carbonyl (C=O) groups is 2. The first-order chi connectivity index (χ1) is 14.3. The molecule has 2 aromatic rings. The number of nitro benzene ring substituents is 1. The number of aryl methyl sites for hydroxylation is 1. The molecule has 0 atom stereocenters. The molecule has 30 heavy (non-hydrogen) atoms. The molecular weight excluding hydrogens is 400 g/mol. The molecule has 158 valence electrons. The van der Waals surface area contributed by atoms with Crippen LogP contribution in [0.25, 0.3) is 0 Å². The number of amides is 2. The Bertz CT molecular complexity index is 975. The van der Waals surface area contributed by atoms with Gasteiger partial charge in [0.05, 0.1) is 10.5 Å². The van der Waals surface area contributed by atoms with Gasteiger partial charge in [-0.15, -0.1) is 0 Å². The number of ether oxygens (including phenoxy) is 1. The van der Waals surface area contributed by atoms with Crippen molar-refractivity contribution in [1.82, 2.24) is 9.80 Å². The van der Waals surface area contributed by atoms with Crippen molar-refractivity contribution in [2.45, 2.75) is 13.5 Å². The first kappa shape index (κ1) is 21.2. The Morgan fingerprint density at radius 2 is 1.50 bits per heavy atom. The summed E-state index contributed by atoms with van der Waals surface area (Å²) < 4.78 is 29.6. The molecule has 3 rings (SSSR count). The van der Waals surface area contributed by atoms with E-state index < -0.39 is 23.3 Å². The average molecular weight is 419 g/mol. The maximum Gasteiger partial charge on any atom is 0.387 e. The minimum atomic E-state index is -3.06. The molecule has 10 heteroatoms. The molecule has 2 aromatic carbocycles. The van der Waals surface area contributed by atoms with Crippen LogP contribution in [0.1, 0.15) is 26.3 Å². The fourth-order valence-corrected chi connectivity index (χ4v) is 3.37. The lowest BCUT2D eigenvalue weighted by Gasteiger charge is -2.35. The van der Waals surface area contributed by atoms with E-state index in [2.05, 4.69) is 4.74 Å². The maximum atomic E-state index is 12.8. The van der Waals surface area contributed by atoms with Gasteiger partial charge in [-0.05, 0) is 25.1 Å². The molecule has 1 heterocycles. The van der Waals surface area contributed by atoms with Crippen LogP contribution >= 0.6 is 0 Å². The lowest BCUT2D eigenvalue weighted by Crippen LogP contribution is -2.50. The van der Waals surface area contributed by atoms with Crippen molar-refractivity contribution in [1.29, 1.82) is 0 Å². The van der Waals surface area contributed by atoms with E-state index >= 15 is 0 Å². The van der Waals surface area contributed by atoms with Gasteiger partial charge in [0, 0.05) is 31.7 Å². The second-order valence-electron chi connectivity index (χ2n) is 6.69. The molecule has 1 aliphatic rings. The Kier molecular flexibility index (Phi) is 6.24. The Hall–Kier alpha value is -3.56. The Morgan fingerprint density at radius 1 is 0.967 bits per heavy atom. The summed E-state index contributed by atoms with van der Waals surface area (Å²) >= 11 is 0. The number of hydrogen-bond donors (Lipinski definition) is 0. The first-order valence-electron chi connectivity index (χ1n) is 9.16. The van der Waals surface area contributed by atoms with Crippen LogP contribution in [0, 0.1) is 17.0 Å². The third-order valence-corrected chi connectivity index (χ3v) is 4.84. The Morgan fingerprint density at radius 3 is 2.07 bits per heavy atom. The number of hydrogen-bond acceptors (Lipinski definition) is 5. The third-order valence-electron chi connectivity index (χ3n) is 4.84. The second kappa shape index (κ2) is 8.85. The fourth-order valence-electron chi connectivity index (χ4n) is 3.37. The zero-order chi connectivity index (χ0) is 21.8. The number of benzene rings is 2. The van der Waals surface area contributed by atoms with Gasteiger partial charge >= 0.3 is 6.61 Å². The number of para-hydroxylation sites is 2. The van der Waals surface area contributed by atoms with Gasteiger partial charge < -0.3 is 14.5 Å². The van der Waals surface area contributed by atoms with Gasteiger partial charge in [0.15, 0.2) is 0 Å². The van der Waals surface area contributed by atoms with Crippen LogP contribution < -0.4 is 4.74 Å². The van der Waals surface area contributed by atoms with Gasteiger partial charge in [0.1, 0.15) is 11.3 Å². The molecule has 0 bridgehead atoms. The topological polar surface area (TPSA) is 93.0 Å². The number of nitrogens with zero attached hydrogens (tertiary/aromatic N) is 3. The van der Waals surface area contributed by atoms with E-state index in [1.165, 1.54) is 34.1 Å². The van der Waals surface area contributed by atoms with Crippen LogP contribution in [-0.4, -0.2) is 59.3 Å². The maximum absolute atomic E-state index is 12.8. The zero-order valence-corrected chi connectivity index (χ0v) is 16.1. The van der Waals surface area contributed by atoms with Crippen LogP contribution in [0.15, 0.2) is 42.5 Å². The van der Waals surface area contributed by atoms with Crippen molar-refractivity contribution in [3.05, 3.63) is 69.3 Å². The van der Waals surface area contributed by atoms with Crippen molar-refractivity contribution in [2.24, 2.45) is 0 Å². The highest BCUT2D eigenvalue weighted by Gasteiger charge is 2.30. The van der Waals surface area contributed by atoms with Crippen molar-refractivity contribution in [3.63, 3.8) is 0 Å². The monoisotopic (exact) mass is 419 g/mol. The molecule has 1 aliphatic heterocycles. The number of piperazine rings is 1. The normalized spacial score (nSPS) is 14.0. The van der Waals surface area contributed by atoms with Crippen molar-refractivity contribution >= 4 is 17.5 Å². The van der Waals surface area contributed by atoms with E-state index in [-0.39, 0.29) is 48.7 Å². The van der Waals surface area contributed by atoms with Gasteiger partial charge in [0.25, 0.3) is 17.5 Å².